The molecule has 0 aliphatic carbocycles. The summed E-state index contributed by atoms with van der Waals surface area (Å²) in [5.74, 6) is -2.95. The highest BCUT2D eigenvalue weighted by Crippen LogP contribution is 2.41. The molecule has 0 saturated carbocycles. The van der Waals surface area contributed by atoms with Crippen LogP contribution in [-0.2, 0) is 12.4 Å². The fourth-order valence-electron chi connectivity index (χ4n) is 5.54. The third-order valence-corrected chi connectivity index (χ3v) is 7.63. The Labute approximate surface area is 247 Å². The number of aromatic amines is 1. The van der Waals surface area contributed by atoms with Crippen molar-refractivity contribution in [3.8, 4) is 16.9 Å². The number of aromatic nitrogens is 5. The summed E-state index contributed by atoms with van der Waals surface area (Å²) >= 11 is 0. The van der Waals surface area contributed by atoms with E-state index >= 15 is 0 Å². The molecule has 6 rings (SSSR count). The Balaban J connectivity index is 1.33. The second-order valence-electron chi connectivity index (χ2n) is 10.4. The first-order valence-corrected chi connectivity index (χ1v) is 13.4. The quantitative estimate of drug-likeness (QED) is 0.232. The monoisotopic (exact) mass is 636 g/mol. The zero-order valence-corrected chi connectivity index (χ0v) is 22.8. The molecule has 1 aliphatic rings. The number of benzene rings is 2. The number of halogens is 8. The van der Waals surface area contributed by atoms with Crippen LogP contribution in [0.3, 0.4) is 0 Å². The minimum Gasteiger partial charge on any atom is -0.337 e. The molecule has 0 bridgehead atoms. The van der Waals surface area contributed by atoms with Gasteiger partial charge in [0, 0.05) is 37.1 Å². The first-order valence-electron chi connectivity index (χ1n) is 13.4. The fourth-order valence-corrected chi connectivity index (χ4v) is 5.54. The summed E-state index contributed by atoms with van der Waals surface area (Å²) in [6.07, 6.45) is -7.47. The van der Waals surface area contributed by atoms with Crippen LogP contribution >= 0.6 is 0 Å². The third-order valence-electron chi connectivity index (χ3n) is 7.63. The van der Waals surface area contributed by atoms with Gasteiger partial charge >= 0.3 is 18.0 Å². The van der Waals surface area contributed by atoms with Gasteiger partial charge in [-0.05, 0) is 61.4 Å². The average Bonchev–Trinajstić information content (AvgIpc) is 3.60. The molecule has 8 nitrogen and oxygen atoms in total. The van der Waals surface area contributed by atoms with Gasteiger partial charge in [0.05, 0.1) is 28.0 Å². The van der Waals surface area contributed by atoms with Crippen LogP contribution in [-0.4, -0.2) is 48.2 Å². The lowest BCUT2D eigenvalue weighted by atomic mass is 10.0. The van der Waals surface area contributed by atoms with Crippen molar-refractivity contribution in [2.45, 2.75) is 31.2 Å². The van der Waals surface area contributed by atoms with Gasteiger partial charge < -0.3 is 9.88 Å². The number of likely N-dealkylation sites (tertiary alicyclic amines) is 1. The van der Waals surface area contributed by atoms with Crippen molar-refractivity contribution >= 4 is 16.9 Å². The van der Waals surface area contributed by atoms with E-state index in [4.69, 9.17) is 0 Å². The average molecular weight is 637 g/mol. The molecule has 0 unspecified atom stereocenters. The van der Waals surface area contributed by atoms with Crippen molar-refractivity contribution in [1.29, 1.82) is 0 Å². The van der Waals surface area contributed by atoms with E-state index in [-0.39, 0.29) is 54.0 Å². The Hall–Kier alpha value is -5.02. The van der Waals surface area contributed by atoms with Crippen LogP contribution in [0.25, 0.3) is 28.0 Å². The van der Waals surface area contributed by atoms with Gasteiger partial charge in [-0.15, -0.1) is 0 Å². The molecule has 4 heterocycles. The van der Waals surface area contributed by atoms with Crippen LogP contribution in [0.15, 0.2) is 65.7 Å². The zero-order valence-electron chi connectivity index (χ0n) is 22.8. The second-order valence-corrected chi connectivity index (χ2v) is 10.4. The molecule has 16 heteroatoms. The molecule has 0 spiro atoms. The van der Waals surface area contributed by atoms with E-state index in [1.807, 2.05) is 0 Å². The van der Waals surface area contributed by atoms with Crippen molar-refractivity contribution in [3.05, 3.63) is 99.9 Å². The number of nitrogens with zero attached hydrogens (tertiary/aromatic N) is 5. The molecule has 1 amide bonds. The first-order chi connectivity index (χ1) is 21.2. The molecule has 5 aromatic rings. The number of hydrogen-bond acceptors (Lipinski definition) is 4. The summed E-state index contributed by atoms with van der Waals surface area (Å²) in [6.45, 7) is 0.125. The summed E-state index contributed by atoms with van der Waals surface area (Å²) in [4.78, 5) is 34.0. The van der Waals surface area contributed by atoms with E-state index in [2.05, 4.69) is 15.1 Å². The Morgan fingerprint density at radius 3 is 2.27 bits per heavy atom. The molecule has 1 fully saturated rings. The molecule has 0 atom stereocenters. The van der Waals surface area contributed by atoms with Crippen LogP contribution in [0, 0.1) is 11.6 Å². The number of nitrogens with one attached hydrogen (secondary N) is 1. The predicted molar refractivity (Wildman–Crippen MR) is 143 cm³/mol. The Kier molecular flexibility index (Phi) is 7.24. The topological polar surface area (TPSA) is 88.8 Å². The number of H-pyrrole nitrogens is 1. The number of hydrogen-bond donors (Lipinski definition) is 1. The molecular formula is C29H20F8N6O2. The largest absolute Gasteiger partial charge is 0.417 e. The van der Waals surface area contributed by atoms with Gasteiger partial charge in [-0.25, -0.2) is 18.3 Å². The predicted octanol–water partition coefficient (Wildman–Crippen LogP) is 6.37. The molecule has 1 saturated heterocycles. The first kappa shape index (κ1) is 30.0. The Morgan fingerprint density at radius 2 is 1.62 bits per heavy atom. The number of imidazole rings is 1. The van der Waals surface area contributed by atoms with Crippen molar-refractivity contribution in [2.24, 2.45) is 0 Å². The summed E-state index contributed by atoms with van der Waals surface area (Å²) in [6, 6.07) is 7.36. The summed E-state index contributed by atoms with van der Waals surface area (Å²) in [5, 5.41) is 4.19. The number of rotatable bonds is 4. The van der Waals surface area contributed by atoms with Crippen molar-refractivity contribution in [3.63, 3.8) is 0 Å². The van der Waals surface area contributed by atoms with Crippen LogP contribution in [0.2, 0.25) is 0 Å². The van der Waals surface area contributed by atoms with Gasteiger partial charge in [-0.3, -0.25) is 14.3 Å². The van der Waals surface area contributed by atoms with Crippen LogP contribution in [0.4, 0.5) is 35.1 Å². The number of pyridine rings is 1. The van der Waals surface area contributed by atoms with Crippen molar-refractivity contribution in [1.82, 2.24) is 29.2 Å². The number of carbonyl (C=O) groups excluding carboxylic acids is 1. The second kappa shape index (κ2) is 10.9. The molecule has 45 heavy (non-hydrogen) atoms. The summed E-state index contributed by atoms with van der Waals surface area (Å²) in [7, 11) is 0. The van der Waals surface area contributed by atoms with Crippen LogP contribution in [0.1, 0.15) is 40.5 Å². The maximum absolute atomic E-state index is 14.6. The third kappa shape index (κ3) is 5.44. The summed E-state index contributed by atoms with van der Waals surface area (Å²) in [5.41, 5.74) is -4.71. The Morgan fingerprint density at radius 1 is 0.911 bits per heavy atom. The molecule has 3 aromatic heterocycles. The van der Waals surface area contributed by atoms with Crippen molar-refractivity contribution in [2.75, 3.05) is 13.1 Å². The van der Waals surface area contributed by atoms with E-state index in [9.17, 15) is 44.7 Å². The summed E-state index contributed by atoms with van der Waals surface area (Å²) < 4.78 is 112. The number of amides is 1. The lowest BCUT2D eigenvalue weighted by Crippen LogP contribution is -2.40. The number of carbonyl (C=O) groups is 1. The van der Waals surface area contributed by atoms with Gasteiger partial charge in [-0.2, -0.15) is 31.4 Å². The molecule has 2 aromatic carbocycles. The van der Waals surface area contributed by atoms with E-state index in [0.717, 1.165) is 21.4 Å². The van der Waals surface area contributed by atoms with Gasteiger partial charge in [0.25, 0.3) is 5.91 Å². The minimum atomic E-state index is -5.34. The standard InChI is InChI=1S/C29H20F8N6O2/c30-20-5-6-21-25(24(20)31)42(27(45)39-21)16-7-10-41(11-8-16)26(44)22-13-23(15-2-1-9-38-14-15)43(40-22)17-3-4-18(28(32,33)34)19(12-17)29(35,36)37/h1-6,9,12-14,16H,7-8,10-11H2,(H,39,45). The normalized spacial score (nSPS) is 14.8. The van der Waals surface area contributed by atoms with Crippen molar-refractivity contribution < 1.29 is 39.9 Å². The molecule has 234 valence electrons. The maximum atomic E-state index is 14.6. The molecule has 1 N–H and O–H groups in total. The van der Waals surface area contributed by atoms with Gasteiger partial charge in [0.1, 0.15) is 5.52 Å². The maximum Gasteiger partial charge on any atom is 0.417 e. The highest BCUT2D eigenvalue weighted by atomic mass is 19.4. The number of alkyl halides is 6. The van der Waals surface area contributed by atoms with E-state index in [0.29, 0.717) is 17.7 Å². The number of fused-ring (bicyclic) bond motifs is 1. The zero-order chi connectivity index (χ0) is 32.3. The van der Waals surface area contributed by atoms with Gasteiger partial charge in [0.2, 0.25) is 0 Å². The van der Waals surface area contributed by atoms with Crippen LogP contribution in [0.5, 0.6) is 0 Å². The van der Waals surface area contributed by atoms with E-state index in [1.165, 1.54) is 41.6 Å². The SMILES string of the molecule is O=C(c1cc(-c2cccnc2)n(-c2ccc(C(F)(F)F)c(C(F)(F)F)c2)n1)N1CCC(n2c(=O)[nH]c3ccc(F)c(F)c32)CC1. The Bertz CT molecular complexity index is 1970. The lowest BCUT2D eigenvalue weighted by Gasteiger charge is -2.32. The minimum absolute atomic E-state index is 0.0626. The molecule has 1 aliphatic heterocycles. The molecular weight excluding hydrogens is 616 g/mol. The lowest BCUT2D eigenvalue weighted by molar-refractivity contribution is -0.162. The molecule has 0 radical (unpaired) electrons. The van der Waals surface area contributed by atoms with Gasteiger partial charge in [0.15, 0.2) is 17.3 Å². The highest BCUT2D eigenvalue weighted by molar-refractivity contribution is 5.93. The van der Waals surface area contributed by atoms with Crippen LogP contribution < -0.4 is 5.69 Å². The fraction of sp³-hybridized carbons (Fsp3) is 0.241. The van der Waals surface area contributed by atoms with E-state index < -0.39 is 52.8 Å². The van der Waals surface area contributed by atoms with Gasteiger partial charge in [-0.1, -0.05) is 0 Å². The highest BCUT2D eigenvalue weighted by Gasteiger charge is 2.43. The smallest absolute Gasteiger partial charge is 0.337 e. The number of piperidine rings is 1. The van der Waals surface area contributed by atoms with E-state index in [1.54, 1.807) is 0 Å².